The van der Waals surface area contributed by atoms with Crippen LogP contribution in [-0.2, 0) is 13.0 Å². The average molecular weight is 530 g/mol. The van der Waals surface area contributed by atoms with E-state index in [1.807, 2.05) is 6.92 Å². The van der Waals surface area contributed by atoms with E-state index in [-0.39, 0.29) is 30.1 Å². The van der Waals surface area contributed by atoms with E-state index in [1.165, 1.54) is 37.9 Å². The lowest BCUT2D eigenvalue weighted by Gasteiger charge is -2.29. The van der Waals surface area contributed by atoms with Gasteiger partial charge in [0, 0.05) is 30.6 Å². The van der Waals surface area contributed by atoms with E-state index in [9.17, 15) is 0 Å². The first kappa shape index (κ1) is 25.0. The van der Waals surface area contributed by atoms with E-state index in [0.717, 1.165) is 48.5 Å². The van der Waals surface area contributed by atoms with Gasteiger partial charge in [0.15, 0.2) is 5.96 Å². The van der Waals surface area contributed by atoms with Gasteiger partial charge in [-0.1, -0.05) is 0 Å². The van der Waals surface area contributed by atoms with Crippen molar-refractivity contribution in [2.75, 3.05) is 39.8 Å². The zero-order valence-corrected chi connectivity index (χ0v) is 21.3. The van der Waals surface area contributed by atoms with Crippen molar-refractivity contribution in [3.05, 3.63) is 23.3 Å². The number of fused-ring (bicyclic) bond motifs is 1. The zero-order valence-electron chi connectivity index (χ0n) is 19.0. The van der Waals surface area contributed by atoms with Crippen LogP contribution in [0.25, 0.3) is 0 Å². The van der Waals surface area contributed by atoms with Gasteiger partial charge in [0.05, 0.1) is 13.2 Å². The molecule has 1 unspecified atom stereocenters. The predicted octanol–water partition coefficient (Wildman–Crippen LogP) is 3.81. The summed E-state index contributed by atoms with van der Waals surface area (Å²) >= 11 is 0. The standard InChI is InChI=1S/C23H38N4O2.HI/c1-5-24-23(25-10-7-18-8-11-27(4)12-9-18)26-16-20-15-22-19(13-17(3)29-22)14-21(20)28-6-2;/h14-15,17-18H,5-13,16H2,1-4H3,(H2,24,25,26);1H. The Morgan fingerprint density at radius 2 is 2.00 bits per heavy atom. The number of aliphatic imine (C=N–C) groups is 1. The van der Waals surface area contributed by atoms with Crippen molar-refractivity contribution in [3.63, 3.8) is 0 Å². The van der Waals surface area contributed by atoms with Crippen LogP contribution in [0.4, 0.5) is 0 Å². The van der Waals surface area contributed by atoms with Gasteiger partial charge in [-0.15, -0.1) is 24.0 Å². The Kier molecular flexibility index (Phi) is 10.5. The Labute approximate surface area is 199 Å². The first-order valence-corrected chi connectivity index (χ1v) is 11.2. The number of halogens is 1. The van der Waals surface area contributed by atoms with Gasteiger partial charge in [-0.05, 0) is 78.2 Å². The average Bonchev–Trinajstić information content (AvgIpc) is 3.06. The van der Waals surface area contributed by atoms with E-state index < -0.39 is 0 Å². The highest BCUT2D eigenvalue weighted by Crippen LogP contribution is 2.35. The molecule has 1 aromatic carbocycles. The number of nitrogens with zero attached hydrogens (tertiary/aromatic N) is 2. The molecule has 0 saturated carbocycles. The molecule has 0 aliphatic carbocycles. The minimum atomic E-state index is 0. The highest BCUT2D eigenvalue weighted by Gasteiger charge is 2.22. The zero-order chi connectivity index (χ0) is 20.6. The molecule has 1 fully saturated rings. The minimum Gasteiger partial charge on any atom is -0.494 e. The molecule has 0 spiro atoms. The Morgan fingerprint density at radius 1 is 1.23 bits per heavy atom. The summed E-state index contributed by atoms with van der Waals surface area (Å²) in [5.74, 6) is 3.60. The largest absolute Gasteiger partial charge is 0.494 e. The lowest BCUT2D eigenvalue weighted by atomic mass is 9.94. The second-order valence-corrected chi connectivity index (χ2v) is 8.29. The van der Waals surface area contributed by atoms with Crippen molar-refractivity contribution in [3.8, 4) is 11.5 Å². The van der Waals surface area contributed by atoms with Gasteiger partial charge in [-0.3, -0.25) is 0 Å². The number of guanidine groups is 1. The molecule has 1 saturated heterocycles. The van der Waals surface area contributed by atoms with Crippen molar-refractivity contribution in [2.24, 2.45) is 10.9 Å². The number of rotatable bonds is 8. The van der Waals surface area contributed by atoms with Crippen molar-refractivity contribution < 1.29 is 9.47 Å². The molecule has 0 bridgehead atoms. The van der Waals surface area contributed by atoms with Gasteiger partial charge in [0.25, 0.3) is 0 Å². The third kappa shape index (κ3) is 7.18. The number of hydrogen-bond acceptors (Lipinski definition) is 4. The van der Waals surface area contributed by atoms with Crippen molar-refractivity contribution in [1.82, 2.24) is 15.5 Å². The molecule has 3 rings (SSSR count). The monoisotopic (exact) mass is 530 g/mol. The highest BCUT2D eigenvalue weighted by molar-refractivity contribution is 14.0. The van der Waals surface area contributed by atoms with Gasteiger partial charge in [0.1, 0.15) is 17.6 Å². The van der Waals surface area contributed by atoms with Crippen LogP contribution in [0.5, 0.6) is 11.5 Å². The predicted molar refractivity (Wildman–Crippen MR) is 134 cm³/mol. The first-order valence-electron chi connectivity index (χ1n) is 11.2. The molecule has 1 aromatic rings. The maximum atomic E-state index is 5.94. The van der Waals surface area contributed by atoms with Crippen LogP contribution in [0.3, 0.4) is 0 Å². The van der Waals surface area contributed by atoms with E-state index in [0.29, 0.717) is 13.2 Å². The van der Waals surface area contributed by atoms with E-state index >= 15 is 0 Å². The van der Waals surface area contributed by atoms with Crippen molar-refractivity contribution in [1.29, 1.82) is 0 Å². The lowest BCUT2D eigenvalue weighted by molar-refractivity contribution is 0.213. The maximum Gasteiger partial charge on any atom is 0.191 e. The van der Waals surface area contributed by atoms with Crippen LogP contribution in [0, 0.1) is 5.92 Å². The number of piperidine rings is 1. The van der Waals surface area contributed by atoms with E-state index in [2.05, 4.69) is 48.6 Å². The lowest BCUT2D eigenvalue weighted by Crippen LogP contribution is -2.39. The fraction of sp³-hybridized carbons (Fsp3) is 0.696. The quantitative estimate of drug-likeness (QED) is 0.304. The third-order valence-electron chi connectivity index (χ3n) is 5.81. The highest BCUT2D eigenvalue weighted by atomic mass is 127. The summed E-state index contributed by atoms with van der Waals surface area (Å²) in [6.45, 7) is 11.7. The van der Waals surface area contributed by atoms with Crippen LogP contribution in [0.1, 0.15) is 51.2 Å². The van der Waals surface area contributed by atoms with Crippen LogP contribution >= 0.6 is 24.0 Å². The Bertz CT molecular complexity index is 690. The fourth-order valence-corrected chi connectivity index (χ4v) is 4.15. The van der Waals surface area contributed by atoms with Gasteiger partial charge in [0.2, 0.25) is 0 Å². The molecular formula is C23H39IN4O2. The summed E-state index contributed by atoms with van der Waals surface area (Å²) in [5, 5.41) is 6.88. The summed E-state index contributed by atoms with van der Waals surface area (Å²) in [5.41, 5.74) is 2.31. The Balaban J connectivity index is 0.00000320. The summed E-state index contributed by atoms with van der Waals surface area (Å²) < 4.78 is 11.8. The normalized spacial score (nSPS) is 19.6. The number of nitrogens with one attached hydrogen (secondary N) is 2. The summed E-state index contributed by atoms with van der Waals surface area (Å²) in [4.78, 5) is 7.24. The second-order valence-electron chi connectivity index (χ2n) is 8.29. The van der Waals surface area contributed by atoms with Crippen LogP contribution in [0.2, 0.25) is 0 Å². The molecule has 2 N–H and O–H groups in total. The summed E-state index contributed by atoms with van der Waals surface area (Å²) in [6, 6.07) is 4.24. The maximum absolute atomic E-state index is 5.94. The van der Waals surface area contributed by atoms with Crippen molar-refractivity contribution in [2.45, 2.75) is 59.1 Å². The summed E-state index contributed by atoms with van der Waals surface area (Å²) in [6.07, 6.45) is 4.98. The number of benzene rings is 1. The molecule has 6 nitrogen and oxygen atoms in total. The topological polar surface area (TPSA) is 58.1 Å². The Hall–Kier alpha value is -1.22. The molecule has 0 aromatic heterocycles. The molecule has 0 radical (unpaired) electrons. The van der Waals surface area contributed by atoms with Gasteiger partial charge >= 0.3 is 0 Å². The van der Waals surface area contributed by atoms with Crippen LogP contribution < -0.4 is 20.1 Å². The van der Waals surface area contributed by atoms with E-state index in [1.54, 1.807) is 0 Å². The third-order valence-corrected chi connectivity index (χ3v) is 5.81. The van der Waals surface area contributed by atoms with Crippen LogP contribution in [-0.4, -0.2) is 56.8 Å². The summed E-state index contributed by atoms with van der Waals surface area (Å²) in [7, 11) is 2.21. The van der Waals surface area contributed by atoms with Crippen molar-refractivity contribution >= 4 is 29.9 Å². The van der Waals surface area contributed by atoms with E-state index in [4.69, 9.17) is 14.5 Å². The minimum absolute atomic E-state index is 0. The van der Waals surface area contributed by atoms with Gasteiger partial charge in [-0.2, -0.15) is 0 Å². The molecule has 170 valence electrons. The smallest absolute Gasteiger partial charge is 0.191 e. The fourth-order valence-electron chi connectivity index (χ4n) is 4.15. The number of ether oxygens (including phenoxy) is 2. The number of hydrogen-bond donors (Lipinski definition) is 2. The molecule has 2 heterocycles. The molecule has 30 heavy (non-hydrogen) atoms. The van der Waals surface area contributed by atoms with Gasteiger partial charge < -0.3 is 25.0 Å². The molecule has 1 atom stereocenters. The van der Waals surface area contributed by atoms with Gasteiger partial charge in [-0.25, -0.2) is 4.99 Å². The first-order chi connectivity index (χ1) is 14.1. The molecule has 0 amide bonds. The molecular weight excluding hydrogens is 491 g/mol. The Morgan fingerprint density at radius 3 is 2.70 bits per heavy atom. The molecule has 2 aliphatic heterocycles. The second kappa shape index (κ2) is 12.6. The SMILES string of the molecule is CCNC(=NCc1cc2c(cc1OCC)CC(C)O2)NCCC1CCN(C)CC1.I. The molecule has 2 aliphatic rings. The number of likely N-dealkylation sites (tertiary alicyclic amines) is 1. The van der Waals surface area contributed by atoms with Crippen LogP contribution in [0.15, 0.2) is 17.1 Å². The molecule has 7 heteroatoms.